The molecule has 3 N–H and O–H groups in total. The van der Waals surface area contributed by atoms with E-state index in [1.165, 1.54) is 0 Å². The van der Waals surface area contributed by atoms with Crippen molar-refractivity contribution in [3.8, 4) is 22.6 Å². The Bertz CT molecular complexity index is 1280. The summed E-state index contributed by atoms with van der Waals surface area (Å²) in [6, 6.07) is 5.47. The molecule has 4 aromatic rings. The molecule has 1 aliphatic rings. The first-order valence-corrected chi connectivity index (χ1v) is 10.7. The van der Waals surface area contributed by atoms with Crippen molar-refractivity contribution in [2.45, 2.75) is 32.0 Å². The molecule has 0 radical (unpaired) electrons. The second kappa shape index (κ2) is 8.14. The predicted molar refractivity (Wildman–Crippen MR) is 119 cm³/mol. The Morgan fingerprint density at radius 3 is 2.76 bits per heavy atom. The molecule has 1 saturated heterocycles. The van der Waals surface area contributed by atoms with E-state index in [1.807, 2.05) is 13.0 Å². The molecule has 1 atom stereocenters. The van der Waals surface area contributed by atoms with Crippen LogP contribution in [0, 0.1) is 6.92 Å². The number of halogens is 3. The van der Waals surface area contributed by atoms with Gasteiger partial charge in [0.25, 0.3) is 0 Å². The first-order chi connectivity index (χ1) is 15.8. The molecule has 1 fully saturated rings. The minimum absolute atomic E-state index is 0.0724. The number of anilines is 1. The number of nitrogens with one attached hydrogen (secondary N) is 3. The Morgan fingerprint density at radius 2 is 2.06 bits per heavy atom. The zero-order valence-corrected chi connectivity index (χ0v) is 18.2. The lowest BCUT2D eigenvalue weighted by Crippen LogP contribution is -2.38. The van der Waals surface area contributed by atoms with E-state index in [-0.39, 0.29) is 17.7 Å². The van der Waals surface area contributed by atoms with Crippen LogP contribution in [0.1, 0.15) is 24.2 Å². The van der Waals surface area contributed by atoms with Crippen LogP contribution in [0.2, 0.25) is 0 Å². The van der Waals surface area contributed by atoms with E-state index in [2.05, 4.69) is 35.7 Å². The van der Waals surface area contributed by atoms with E-state index < -0.39 is 11.7 Å². The molecular weight excluding hydrogens is 433 g/mol. The lowest BCUT2D eigenvalue weighted by atomic mass is 10.0. The lowest BCUT2D eigenvalue weighted by molar-refractivity contribution is -0.137. The third-order valence-electron chi connectivity index (χ3n) is 5.90. The average Bonchev–Trinajstić information content (AvgIpc) is 3.36. The first-order valence-electron chi connectivity index (χ1n) is 10.7. The summed E-state index contributed by atoms with van der Waals surface area (Å²) >= 11 is 0. The van der Waals surface area contributed by atoms with Crippen LogP contribution in [0.15, 0.2) is 30.6 Å². The molecule has 33 heavy (non-hydrogen) atoms. The molecule has 0 spiro atoms. The number of H-pyrrole nitrogens is 1. The van der Waals surface area contributed by atoms with E-state index >= 15 is 0 Å². The quantitative estimate of drug-likeness (QED) is 0.431. The molecule has 0 aliphatic carbocycles. The van der Waals surface area contributed by atoms with E-state index in [1.54, 1.807) is 30.1 Å². The van der Waals surface area contributed by atoms with E-state index in [0.717, 1.165) is 43.5 Å². The molecule has 1 aromatic carbocycles. The van der Waals surface area contributed by atoms with Crippen LogP contribution >= 0.6 is 0 Å². The van der Waals surface area contributed by atoms with Gasteiger partial charge in [-0.15, -0.1) is 0 Å². The summed E-state index contributed by atoms with van der Waals surface area (Å²) in [7, 11) is 1.81. The van der Waals surface area contributed by atoms with Crippen LogP contribution in [0.25, 0.3) is 33.5 Å². The van der Waals surface area contributed by atoms with Gasteiger partial charge in [0.1, 0.15) is 11.4 Å². The largest absolute Gasteiger partial charge is 0.419 e. The third-order valence-corrected chi connectivity index (χ3v) is 5.90. The molecular formula is C22H23F3N8. The standard InChI is InChI=1S/C22H23F3N8/c1-12-29-20(32-33(12)2)13-5-6-15-16(10-27-18(15)8-13)19-17(22(23,24)25)11-28-21(31-19)30-14-4-3-7-26-9-14/h5-6,8,10-11,14,26-27H,3-4,7,9H2,1-2H3,(H,28,30,31)/t14-/m0/s1. The Kier molecular flexibility index (Phi) is 5.28. The Balaban J connectivity index is 1.56. The summed E-state index contributed by atoms with van der Waals surface area (Å²) in [4.78, 5) is 15.8. The second-order valence-corrected chi connectivity index (χ2v) is 8.21. The molecule has 0 bridgehead atoms. The van der Waals surface area contributed by atoms with Gasteiger partial charge in [-0.25, -0.2) is 15.0 Å². The highest BCUT2D eigenvalue weighted by Crippen LogP contribution is 2.39. The molecule has 3 aromatic heterocycles. The zero-order valence-electron chi connectivity index (χ0n) is 18.2. The topological polar surface area (TPSA) is 96.3 Å². The van der Waals surface area contributed by atoms with Gasteiger partial charge in [-0.05, 0) is 32.4 Å². The van der Waals surface area contributed by atoms with Gasteiger partial charge in [0.15, 0.2) is 5.82 Å². The fourth-order valence-corrected chi connectivity index (χ4v) is 4.07. The van der Waals surface area contributed by atoms with Crippen LogP contribution in [-0.4, -0.2) is 48.8 Å². The number of alkyl halides is 3. The Morgan fingerprint density at radius 1 is 1.21 bits per heavy atom. The zero-order chi connectivity index (χ0) is 23.2. The van der Waals surface area contributed by atoms with Gasteiger partial charge >= 0.3 is 6.18 Å². The van der Waals surface area contributed by atoms with Crippen LogP contribution in [-0.2, 0) is 13.2 Å². The maximum atomic E-state index is 13.8. The van der Waals surface area contributed by atoms with Crippen molar-refractivity contribution < 1.29 is 13.2 Å². The van der Waals surface area contributed by atoms with Gasteiger partial charge in [0, 0.05) is 54.1 Å². The van der Waals surface area contributed by atoms with Gasteiger partial charge in [0.2, 0.25) is 5.95 Å². The lowest BCUT2D eigenvalue weighted by Gasteiger charge is -2.24. The summed E-state index contributed by atoms with van der Waals surface area (Å²) in [6.07, 6.45) is -0.285. The number of aromatic amines is 1. The monoisotopic (exact) mass is 456 g/mol. The number of nitrogens with zero attached hydrogens (tertiary/aromatic N) is 5. The highest BCUT2D eigenvalue weighted by molar-refractivity contribution is 5.97. The van der Waals surface area contributed by atoms with Crippen molar-refractivity contribution in [1.29, 1.82) is 0 Å². The minimum atomic E-state index is -4.58. The summed E-state index contributed by atoms with van der Waals surface area (Å²) in [5.74, 6) is 1.51. The highest BCUT2D eigenvalue weighted by Gasteiger charge is 2.36. The maximum absolute atomic E-state index is 13.8. The average molecular weight is 456 g/mol. The van der Waals surface area contributed by atoms with Crippen molar-refractivity contribution in [2.24, 2.45) is 7.05 Å². The molecule has 0 unspecified atom stereocenters. The number of rotatable bonds is 4. The number of hydrogen-bond acceptors (Lipinski definition) is 6. The molecule has 4 heterocycles. The van der Waals surface area contributed by atoms with Crippen molar-refractivity contribution in [3.63, 3.8) is 0 Å². The van der Waals surface area contributed by atoms with Crippen LogP contribution in [0.5, 0.6) is 0 Å². The number of fused-ring (bicyclic) bond motifs is 1. The van der Waals surface area contributed by atoms with E-state index in [9.17, 15) is 13.2 Å². The van der Waals surface area contributed by atoms with E-state index in [0.29, 0.717) is 22.3 Å². The Labute approximate surface area is 187 Å². The molecule has 8 nitrogen and oxygen atoms in total. The van der Waals surface area contributed by atoms with Crippen molar-refractivity contribution in [3.05, 3.63) is 42.0 Å². The minimum Gasteiger partial charge on any atom is -0.360 e. The first kappa shape index (κ1) is 21.4. The predicted octanol–water partition coefficient (Wildman–Crippen LogP) is 3.91. The number of benzene rings is 1. The van der Waals surface area contributed by atoms with Gasteiger partial charge in [-0.3, -0.25) is 4.68 Å². The molecule has 5 rings (SSSR count). The fraction of sp³-hybridized carbons (Fsp3) is 0.364. The molecule has 11 heteroatoms. The summed E-state index contributed by atoms with van der Waals surface area (Å²) in [5, 5.41) is 11.4. The molecule has 0 amide bonds. The molecule has 1 aliphatic heterocycles. The maximum Gasteiger partial charge on any atom is 0.419 e. The third kappa shape index (κ3) is 4.15. The van der Waals surface area contributed by atoms with Gasteiger partial charge in [0.05, 0.1) is 5.69 Å². The van der Waals surface area contributed by atoms with Crippen LogP contribution in [0.4, 0.5) is 19.1 Å². The SMILES string of the molecule is Cc1nc(-c2ccc3c(-c4nc(N[C@H]5CCCNC5)ncc4C(F)(F)F)c[nH]c3c2)nn1C. The smallest absolute Gasteiger partial charge is 0.360 e. The van der Waals surface area contributed by atoms with Crippen LogP contribution < -0.4 is 10.6 Å². The normalized spacial score (nSPS) is 16.9. The van der Waals surface area contributed by atoms with Gasteiger partial charge < -0.3 is 15.6 Å². The van der Waals surface area contributed by atoms with Gasteiger partial charge in [-0.1, -0.05) is 12.1 Å². The summed E-state index contributed by atoms with van der Waals surface area (Å²) in [5.41, 5.74) is 0.772. The highest BCUT2D eigenvalue weighted by atomic mass is 19.4. The van der Waals surface area contributed by atoms with Crippen LogP contribution in [0.3, 0.4) is 0 Å². The van der Waals surface area contributed by atoms with E-state index in [4.69, 9.17) is 0 Å². The number of piperidine rings is 1. The Hall–Kier alpha value is -3.47. The van der Waals surface area contributed by atoms with Crippen molar-refractivity contribution >= 4 is 16.9 Å². The number of aryl methyl sites for hydroxylation is 2. The summed E-state index contributed by atoms with van der Waals surface area (Å²) in [6.45, 7) is 3.50. The van der Waals surface area contributed by atoms with Crippen molar-refractivity contribution in [2.75, 3.05) is 18.4 Å². The van der Waals surface area contributed by atoms with Gasteiger partial charge in [-0.2, -0.15) is 18.3 Å². The van der Waals surface area contributed by atoms with Crippen molar-refractivity contribution in [1.82, 2.24) is 35.0 Å². The molecule has 0 saturated carbocycles. The second-order valence-electron chi connectivity index (χ2n) is 8.21. The fourth-order valence-electron chi connectivity index (χ4n) is 4.07. The number of aromatic nitrogens is 6. The molecule has 172 valence electrons. The summed E-state index contributed by atoms with van der Waals surface area (Å²) < 4.78 is 43.1. The number of hydrogen-bond donors (Lipinski definition) is 3.